The van der Waals surface area contributed by atoms with E-state index in [1.165, 1.54) is 0 Å². The van der Waals surface area contributed by atoms with Crippen molar-refractivity contribution in [1.82, 2.24) is 15.5 Å². The molecular formula is C22H28N4O4. The lowest BCUT2D eigenvalue weighted by atomic mass is 9.82. The maximum Gasteiger partial charge on any atom is 0.325 e. The zero-order valence-corrected chi connectivity index (χ0v) is 17.2. The van der Waals surface area contributed by atoms with E-state index in [1.807, 2.05) is 31.2 Å². The van der Waals surface area contributed by atoms with Crippen molar-refractivity contribution in [3.8, 4) is 0 Å². The quantitative estimate of drug-likeness (QED) is 0.624. The minimum Gasteiger partial charge on any atom is -0.348 e. The number of hydrogen-bond acceptors (Lipinski definition) is 4. The molecule has 5 amide bonds. The summed E-state index contributed by atoms with van der Waals surface area (Å²) in [5.41, 5.74) is 0.780. The van der Waals surface area contributed by atoms with E-state index in [2.05, 4.69) is 16.0 Å². The summed E-state index contributed by atoms with van der Waals surface area (Å²) in [4.78, 5) is 50.5. The molecule has 3 aliphatic rings. The Morgan fingerprint density at radius 3 is 2.43 bits per heavy atom. The number of imide groups is 1. The highest BCUT2D eigenvalue weighted by Crippen LogP contribution is 2.33. The van der Waals surface area contributed by atoms with E-state index in [9.17, 15) is 19.2 Å². The molecule has 1 heterocycles. The van der Waals surface area contributed by atoms with Crippen molar-refractivity contribution in [2.45, 2.75) is 63.5 Å². The summed E-state index contributed by atoms with van der Waals surface area (Å²) >= 11 is 0. The van der Waals surface area contributed by atoms with Crippen molar-refractivity contribution in [3.63, 3.8) is 0 Å². The first-order chi connectivity index (χ1) is 14.4. The molecule has 3 fully saturated rings. The molecule has 30 heavy (non-hydrogen) atoms. The van der Waals surface area contributed by atoms with Crippen molar-refractivity contribution in [1.29, 1.82) is 0 Å². The summed E-state index contributed by atoms with van der Waals surface area (Å²) in [6, 6.07) is 6.53. The lowest BCUT2D eigenvalue weighted by Crippen LogP contribution is -2.49. The van der Waals surface area contributed by atoms with Crippen LogP contribution in [0.5, 0.6) is 0 Å². The predicted octanol–water partition coefficient (Wildman–Crippen LogP) is 2.47. The Morgan fingerprint density at radius 1 is 1.13 bits per heavy atom. The molecule has 8 heteroatoms. The van der Waals surface area contributed by atoms with Gasteiger partial charge in [-0.1, -0.05) is 31.4 Å². The molecule has 1 saturated heterocycles. The zero-order valence-electron chi connectivity index (χ0n) is 17.2. The van der Waals surface area contributed by atoms with Crippen LogP contribution >= 0.6 is 0 Å². The van der Waals surface area contributed by atoms with Gasteiger partial charge in [0.15, 0.2) is 0 Å². The first-order valence-corrected chi connectivity index (χ1v) is 10.7. The highest BCUT2D eigenvalue weighted by molar-refractivity contribution is 6.09. The van der Waals surface area contributed by atoms with Crippen molar-refractivity contribution in [3.05, 3.63) is 29.8 Å². The van der Waals surface area contributed by atoms with E-state index in [4.69, 9.17) is 0 Å². The average Bonchev–Trinajstić information content (AvgIpc) is 3.55. The lowest BCUT2D eigenvalue weighted by Gasteiger charge is -2.30. The lowest BCUT2D eigenvalue weighted by molar-refractivity contribution is -0.136. The van der Waals surface area contributed by atoms with Crippen LogP contribution in [0.1, 0.15) is 63.5 Å². The molecule has 1 spiro atoms. The van der Waals surface area contributed by atoms with Crippen LogP contribution in [0.15, 0.2) is 24.3 Å². The Bertz CT molecular complexity index is 856. The molecule has 3 N–H and O–H groups in total. The zero-order chi connectivity index (χ0) is 21.3. The van der Waals surface area contributed by atoms with E-state index in [0.717, 1.165) is 48.3 Å². The number of rotatable bonds is 6. The Labute approximate surface area is 175 Å². The Balaban J connectivity index is 1.31. The van der Waals surface area contributed by atoms with E-state index < -0.39 is 11.6 Å². The topological polar surface area (TPSA) is 108 Å². The fourth-order valence-corrected chi connectivity index (χ4v) is 4.27. The third-order valence-corrected chi connectivity index (χ3v) is 6.26. The first kappa shape index (κ1) is 20.4. The van der Waals surface area contributed by atoms with Crippen LogP contribution in [0.25, 0.3) is 0 Å². The van der Waals surface area contributed by atoms with Gasteiger partial charge in [-0.15, -0.1) is 0 Å². The standard InChI is InChI=1S/C22H28N4O4/c1-14(15-7-9-17(10-8-15)24-19(28)16-5-6-16)23-18(27)13-26-20(29)22(25-21(26)30)11-3-2-4-12-22/h7-10,14,16H,2-6,11-13H2,1H3,(H,23,27)(H,24,28)(H,25,30). The number of urea groups is 1. The predicted molar refractivity (Wildman–Crippen MR) is 110 cm³/mol. The molecular weight excluding hydrogens is 384 g/mol. The molecule has 2 aliphatic carbocycles. The minimum atomic E-state index is -0.817. The monoisotopic (exact) mass is 412 g/mol. The van der Waals surface area contributed by atoms with E-state index in [-0.39, 0.29) is 36.2 Å². The van der Waals surface area contributed by atoms with Crippen molar-refractivity contribution >= 4 is 29.4 Å². The Morgan fingerprint density at radius 2 is 1.80 bits per heavy atom. The Hall–Kier alpha value is -2.90. The van der Waals surface area contributed by atoms with Crippen LogP contribution in [-0.2, 0) is 14.4 Å². The largest absolute Gasteiger partial charge is 0.348 e. The molecule has 1 aliphatic heterocycles. The second-order valence-corrected chi connectivity index (χ2v) is 8.64. The van der Waals surface area contributed by atoms with Crippen molar-refractivity contribution < 1.29 is 19.2 Å². The van der Waals surface area contributed by atoms with Crippen LogP contribution in [0.4, 0.5) is 10.5 Å². The Kier molecular flexibility index (Phi) is 5.49. The number of nitrogens with zero attached hydrogens (tertiary/aromatic N) is 1. The highest BCUT2D eigenvalue weighted by atomic mass is 16.2. The van der Waals surface area contributed by atoms with E-state index >= 15 is 0 Å². The maximum absolute atomic E-state index is 12.8. The summed E-state index contributed by atoms with van der Waals surface area (Å²) in [5.74, 6) is -0.481. The van der Waals surface area contributed by atoms with Gasteiger partial charge in [-0.2, -0.15) is 0 Å². The van der Waals surface area contributed by atoms with Gasteiger partial charge in [0.25, 0.3) is 5.91 Å². The SMILES string of the molecule is CC(NC(=O)CN1C(=O)NC2(CCCCC2)C1=O)c1ccc(NC(=O)C2CC2)cc1. The van der Waals surface area contributed by atoms with Gasteiger partial charge < -0.3 is 16.0 Å². The fraction of sp³-hybridized carbons (Fsp3) is 0.545. The van der Waals surface area contributed by atoms with Gasteiger partial charge in [0.05, 0.1) is 6.04 Å². The van der Waals surface area contributed by atoms with Crippen LogP contribution in [0.3, 0.4) is 0 Å². The van der Waals surface area contributed by atoms with E-state index in [1.54, 1.807) is 0 Å². The van der Waals surface area contributed by atoms with Gasteiger partial charge in [-0.3, -0.25) is 19.3 Å². The molecule has 1 aromatic rings. The number of nitrogens with one attached hydrogen (secondary N) is 3. The van der Waals surface area contributed by atoms with Gasteiger partial charge in [-0.25, -0.2) is 4.79 Å². The summed E-state index contributed by atoms with van der Waals surface area (Å²) < 4.78 is 0. The summed E-state index contributed by atoms with van der Waals surface area (Å²) in [6.07, 6.45) is 6.04. The molecule has 1 atom stereocenters. The first-order valence-electron chi connectivity index (χ1n) is 10.7. The second kappa shape index (κ2) is 8.08. The molecule has 1 aromatic carbocycles. The molecule has 8 nitrogen and oxygen atoms in total. The summed E-state index contributed by atoms with van der Waals surface area (Å²) in [5, 5.41) is 8.54. The van der Waals surface area contributed by atoms with Gasteiger partial charge in [0, 0.05) is 11.6 Å². The number of carbonyl (C=O) groups excluding carboxylic acids is 4. The second-order valence-electron chi connectivity index (χ2n) is 8.64. The van der Waals surface area contributed by atoms with Crippen LogP contribution in [-0.4, -0.2) is 40.7 Å². The van der Waals surface area contributed by atoms with Crippen molar-refractivity contribution in [2.24, 2.45) is 5.92 Å². The third-order valence-electron chi connectivity index (χ3n) is 6.26. The molecule has 1 unspecified atom stereocenters. The molecule has 0 aromatic heterocycles. The van der Waals surface area contributed by atoms with Gasteiger partial charge >= 0.3 is 6.03 Å². The van der Waals surface area contributed by atoms with Crippen molar-refractivity contribution in [2.75, 3.05) is 11.9 Å². The van der Waals surface area contributed by atoms with Gasteiger partial charge in [-0.05, 0) is 50.3 Å². The van der Waals surface area contributed by atoms with E-state index in [0.29, 0.717) is 12.8 Å². The number of carbonyl (C=O) groups is 4. The smallest absolute Gasteiger partial charge is 0.325 e. The highest BCUT2D eigenvalue weighted by Gasteiger charge is 2.51. The van der Waals surface area contributed by atoms with Gasteiger partial charge in [0.2, 0.25) is 11.8 Å². The van der Waals surface area contributed by atoms with Crippen LogP contribution in [0.2, 0.25) is 0 Å². The average molecular weight is 412 g/mol. The molecule has 0 bridgehead atoms. The molecule has 4 rings (SSSR count). The molecule has 160 valence electrons. The van der Waals surface area contributed by atoms with Crippen LogP contribution in [0, 0.1) is 5.92 Å². The van der Waals surface area contributed by atoms with Crippen LogP contribution < -0.4 is 16.0 Å². The summed E-state index contributed by atoms with van der Waals surface area (Å²) in [6.45, 7) is 1.55. The summed E-state index contributed by atoms with van der Waals surface area (Å²) in [7, 11) is 0. The minimum absolute atomic E-state index is 0.0494. The molecule has 0 radical (unpaired) electrons. The number of amides is 5. The number of benzene rings is 1. The normalized spacial score (nSPS) is 21.3. The third kappa shape index (κ3) is 4.17. The number of hydrogen-bond donors (Lipinski definition) is 3. The van der Waals surface area contributed by atoms with Gasteiger partial charge in [0.1, 0.15) is 12.1 Å². The maximum atomic E-state index is 12.8. The number of anilines is 1. The molecule has 2 saturated carbocycles. The fourth-order valence-electron chi connectivity index (χ4n) is 4.27.